The first-order valence-corrected chi connectivity index (χ1v) is 11.0. The standard InChI is InChI=1S/C25H29N3O2/c26-18-20-5-6-21-11-15-28(19-23(21)17-20)25(29)22-7-9-24(10-8-22)30-16-4-14-27-12-2-1-3-13-27/h5-10,17H,1-4,11-16,19H2. The predicted octanol–water partition coefficient (Wildman–Crippen LogP) is 4.01. The zero-order valence-electron chi connectivity index (χ0n) is 17.5. The summed E-state index contributed by atoms with van der Waals surface area (Å²) in [5.74, 6) is 0.840. The molecule has 4 rings (SSSR count). The minimum absolute atomic E-state index is 0.0275. The molecule has 0 atom stereocenters. The van der Waals surface area contributed by atoms with Gasteiger partial charge < -0.3 is 14.5 Å². The molecule has 0 N–H and O–H groups in total. The molecule has 30 heavy (non-hydrogen) atoms. The number of amides is 1. The predicted molar refractivity (Wildman–Crippen MR) is 116 cm³/mol. The molecule has 2 aliphatic heterocycles. The van der Waals surface area contributed by atoms with E-state index in [1.54, 1.807) is 0 Å². The number of carbonyl (C=O) groups is 1. The van der Waals surface area contributed by atoms with Crippen LogP contribution in [-0.2, 0) is 13.0 Å². The summed E-state index contributed by atoms with van der Waals surface area (Å²) in [7, 11) is 0. The quantitative estimate of drug-likeness (QED) is 0.684. The van der Waals surface area contributed by atoms with Crippen molar-refractivity contribution < 1.29 is 9.53 Å². The van der Waals surface area contributed by atoms with Crippen LogP contribution in [0, 0.1) is 11.3 Å². The van der Waals surface area contributed by atoms with Gasteiger partial charge in [0, 0.05) is 25.2 Å². The first-order valence-electron chi connectivity index (χ1n) is 11.0. The molecule has 156 valence electrons. The average Bonchev–Trinajstić information content (AvgIpc) is 2.81. The van der Waals surface area contributed by atoms with Crippen LogP contribution in [0.15, 0.2) is 42.5 Å². The zero-order chi connectivity index (χ0) is 20.8. The summed E-state index contributed by atoms with van der Waals surface area (Å²) in [6, 6.07) is 15.4. The monoisotopic (exact) mass is 403 g/mol. The van der Waals surface area contributed by atoms with Crippen LogP contribution in [-0.4, -0.2) is 48.5 Å². The number of hydrogen-bond acceptors (Lipinski definition) is 4. The maximum Gasteiger partial charge on any atom is 0.254 e. The van der Waals surface area contributed by atoms with Gasteiger partial charge in [-0.2, -0.15) is 5.26 Å². The van der Waals surface area contributed by atoms with Gasteiger partial charge in [0.15, 0.2) is 0 Å². The Morgan fingerprint density at radius 3 is 2.57 bits per heavy atom. The molecule has 2 aliphatic rings. The number of fused-ring (bicyclic) bond motifs is 1. The van der Waals surface area contributed by atoms with Crippen molar-refractivity contribution in [3.8, 4) is 11.8 Å². The number of hydrogen-bond donors (Lipinski definition) is 0. The second kappa shape index (κ2) is 9.77. The Balaban J connectivity index is 1.28. The second-order valence-electron chi connectivity index (χ2n) is 8.20. The maximum atomic E-state index is 12.9. The molecule has 2 aromatic carbocycles. The first-order chi connectivity index (χ1) is 14.7. The molecule has 2 heterocycles. The molecule has 2 aromatic rings. The highest BCUT2D eigenvalue weighted by molar-refractivity contribution is 5.94. The Bertz CT molecular complexity index is 911. The van der Waals surface area contributed by atoms with Gasteiger partial charge in [-0.05, 0) is 86.3 Å². The second-order valence-corrected chi connectivity index (χ2v) is 8.20. The van der Waals surface area contributed by atoms with Gasteiger partial charge >= 0.3 is 0 Å². The molecule has 0 unspecified atom stereocenters. The van der Waals surface area contributed by atoms with E-state index in [2.05, 4.69) is 11.0 Å². The van der Waals surface area contributed by atoms with Gasteiger partial charge in [0.05, 0.1) is 18.2 Å². The van der Waals surface area contributed by atoms with Crippen LogP contribution in [0.1, 0.15) is 52.7 Å². The normalized spacial score (nSPS) is 16.6. The molecule has 1 saturated heterocycles. The molecule has 5 nitrogen and oxygen atoms in total. The minimum atomic E-state index is 0.0275. The fourth-order valence-electron chi connectivity index (χ4n) is 4.34. The summed E-state index contributed by atoms with van der Waals surface area (Å²) in [4.78, 5) is 17.3. The summed E-state index contributed by atoms with van der Waals surface area (Å²) < 4.78 is 5.87. The van der Waals surface area contributed by atoms with E-state index in [-0.39, 0.29) is 5.91 Å². The third kappa shape index (κ3) is 5.01. The average molecular weight is 404 g/mol. The van der Waals surface area contributed by atoms with Crippen LogP contribution in [0.5, 0.6) is 5.75 Å². The molecule has 5 heteroatoms. The van der Waals surface area contributed by atoms with E-state index in [0.717, 1.165) is 30.7 Å². The summed E-state index contributed by atoms with van der Waals surface area (Å²) in [6.07, 6.45) is 5.85. The number of rotatable bonds is 6. The van der Waals surface area contributed by atoms with Crippen LogP contribution < -0.4 is 4.74 Å². The lowest BCUT2D eigenvalue weighted by molar-refractivity contribution is 0.0734. The third-order valence-corrected chi connectivity index (χ3v) is 6.07. The van der Waals surface area contributed by atoms with Crippen LogP contribution in [0.25, 0.3) is 0 Å². The van der Waals surface area contributed by atoms with E-state index in [4.69, 9.17) is 10.00 Å². The molecule has 0 bridgehead atoms. The van der Waals surface area contributed by atoms with E-state index >= 15 is 0 Å². The SMILES string of the molecule is N#Cc1ccc2c(c1)CN(C(=O)c1ccc(OCCCN3CCCCC3)cc1)CC2. The van der Waals surface area contributed by atoms with Crippen molar-refractivity contribution in [3.63, 3.8) is 0 Å². The van der Waals surface area contributed by atoms with Gasteiger partial charge in [0.2, 0.25) is 0 Å². The number of nitriles is 1. The summed E-state index contributed by atoms with van der Waals surface area (Å²) in [6.45, 7) is 5.49. The number of nitrogens with zero attached hydrogens (tertiary/aromatic N) is 3. The highest BCUT2D eigenvalue weighted by Gasteiger charge is 2.22. The summed E-state index contributed by atoms with van der Waals surface area (Å²) in [5.41, 5.74) is 3.62. The Morgan fingerprint density at radius 1 is 1.00 bits per heavy atom. The molecular weight excluding hydrogens is 374 g/mol. The lowest BCUT2D eigenvalue weighted by Crippen LogP contribution is -2.36. The zero-order valence-corrected chi connectivity index (χ0v) is 17.5. The Labute approximate surface area is 178 Å². The fraction of sp³-hybridized carbons (Fsp3) is 0.440. The number of benzene rings is 2. The third-order valence-electron chi connectivity index (χ3n) is 6.07. The van der Waals surface area contributed by atoms with Gasteiger partial charge in [-0.1, -0.05) is 12.5 Å². The van der Waals surface area contributed by atoms with Crippen molar-refractivity contribution in [1.29, 1.82) is 5.26 Å². The molecule has 0 aliphatic carbocycles. The van der Waals surface area contributed by atoms with Gasteiger partial charge in [0.25, 0.3) is 5.91 Å². The van der Waals surface area contributed by atoms with Crippen molar-refractivity contribution in [2.75, 3.05) is 32.8 Å². The molecule has 1 fully saturated rings. The topological polar surface area (TPSA) is 56.6 Å². The van der Waals surface area contributed by atoms with Crippen LogP contribution in [0.2, 0.25) is 0 Å². The molecule has 0 aromatic heterocycles. The maximum absolute atomic E-state index is 12.9. The largest absolute Gasteiger partial charge is 0.494 e. The van der Waals surface area contributed by atoms with Crippen molar-refractivity contribution in [1.82, 2.24) is 9.80 Å². The van der Waals surface area contributed by atoms with Gasteiger partial charge in [-0.3, -0.25) is 4.79 Å². The summed E-state index contributed by atoms with van der Waals surface area (Å²) >= 11 is 0. The van der Waals surface area contributed by atoms with Crippen molar-refractivity contribution in [2.24, 2.45) is 0 Å². The number of piperidine rings is 1. The van der Waals surface area contributed by atoms with Crippen molar-refractivity contribution in [2.45, 2.75) is 38.6 Å². The smallest absolute Gasteiger partial charge is 0.254 e. The van der Waals surface area contributed by atoms with Crippen LogP contribution in [0.4, 0.5) is 0 Å². The lowest BCUT2D eigenvalue weighted by Gasteiger charge is -2.29. The lowest BCUT2D eigenvalue weighted by atomic mass is 9.97. The van der Waals surface area contributed by atoms with Crippen LogP contribution in [0.3, 0.4) is 0 Å². The Kier molecular flexibility index (Phi) is 6.66. The molecule has 0 saturated carbocycles. The highest BCUT2D eigenvalue weighted by atomic mass is 16.5. The first kappa shape index (κ1) is 20.4. The highest BCUT2D eigenvalue weighted by Crippen LogP contribution is 2.22. The molecule has 1 amide bonds. The van der Waals surface area contributed by atoms with Gasteiger partial charge in [-0.25, -0.2) is 0 Å². The number of carbonyl (C=O) groups excluding carboxylic acids is 1. The number of ether oxygens (including phenoxy) is 1. The Morgan fingerprint density at radius 2 is 1.80 bits per heavy atom. The van der Waals surface area contributed by atoms with Crippen molar-refractivity contribution >= 4 is 5.91 Å². The van der Waals surface area contributed by atoms with Gasteiger partial charge in [0.1, 0.15) is 5.75 Å². The van der Waals surface area contributed by atoms with Crippen molar-refractivity contribution in [3.05, 3.63) is 64.7 Å². The van der Waals surface area contributed by atoms with E-state index in [9.17, 15) is 4.79 Å². The van der Waals surface area contributed by atoms with E-state index in [0.29, 0.717) is 30.8 Å². The molecular formula is C25H29N3O2. The number of likely N-dealkylation sites (tertiary alicyclic amines) is 1. The fourth-order valence-corrected chi connectivity index (χ4v) is 4.34. The van der Waals surface area contributed by atoms with Crippen LogP contribution >= 0.6 is 0 Å². The van der Waals surface area contributed by atoms with E-state index in [1.807, 2.05) is 47.4 Å². The minimum Gasteiger partial charge on any atom is -0.494 e. The van der Waals surface area contributed by atoms with E-state index in [1.165, 1.54) is 37.9 Å². The summed E-state index contributed by atoms with van der Waals surface area (Å²) in [5, 5.41) is 9.12. The molecule has 0 spiro atoms. The molecule has 0 radical (unpaired) electrons. The van der Waals surface area contributed by atoms with Gasteiger partial charge in [-0.15, -0.1) is 0 Å². The van der Waals surface area contributed by atoms with E-state index < -0.39 is 0 Å². The Hall–Kier alpha value is -2.84.